The smallest absolute Gasteiger partial charge is 0.272 e. The molecule has 0 aromatic carbocycles. The topological polar surface area (TPSA) is 39.7 Å². The third kappa shape index (κ3) is 4.67. The molecule has 0 unspecified atom stereocenters. The maximum absolute atomic E-state index is 12.7. The first-order valence-electron chi connectivity index (χ1n) is 8.92. The zero-order chi connectivity index (χ0) is 16.7. The summed E-state index contributed by atoms with van der Waals surface area (Å²) in [6.45, 7) is 13.3. The number of hydrogen-bond acceptors (Lipinski definition) is 4. The number of hydrogen-bond donors (Lipinski definition) is 0. The summed E-state index contributed by atoms with van der Waals surface area (Å²) in [5.74, 6) is 0.0581. The van der Waals surface area contributed by atoms with Gasteiger partial charge >= 0.3 is 0 Å². The number of pyridine rings is 1. The van der Waals surface area contributed by atoms with Gasteiger partial charge in [0.15, 0.2) is 0 Å². The third-order valence-electron chi connectivity index (χ3n) is 4.42. The van der Waals surface area contributed by atoms with Gasteiger partial charge in [-0.25, -0.2) is 0 Å². The van der Waals surface area contributed by atoms with Gasteiger partial charge in [-0.1, -0.05) is 20.8 Å². The van der Waals surface area contributed by atoms with E-state index in [-0.39, 0.29) is 5.91 Å². The van der Waals surface area contributed by atoms with Crippen molar-refractivity contribution in [3.63, 3.8) is 0 Å². The normalized spacial score (nSPS) is 15.7. The Bertz CT molecular complexity index is 492. The average molecular weight is 318 g/mol. The molecule has 1 saturated heterocycles. The summed E-state index contributed by atoms with van der Waals surface area (Å²) >= 11 is 0. The van der Waals surface area contributed by atoms with Gasteiger partial charge in [-0.15, -0.1) is 0 Å². The second kappa shape index (κ2) is 8.87. The van der Waals surface area contributed by atoms with Crippen LogP contribution < -0.4 is 4.90 Å². The lowest BCUT2D eigenvalue weighted by Crippen LogP contribution is -2.46. The van der Waals surface area contributed by atoms with Crippen molar-refractivity contribution >= 4 is 11.6 Å². The van der Waals surface area contributed by atoms with Crippen LogP contribution in [0.3, 0.4) is 0 Å². The summed E-state index contributed by atoms with van der Waals surface area (Å²) in [6, 6.07) is 3.98. The van der Waals surface area contributed by atoms with E-state index in [1.807, 2.05) is 17.0 Å². The van der Waals surface area contributed by atoms with E-state index in [2.05, 4.69) is 35.6 Å². The molecule has 5 nitrogen and oxygen atoms in total. The number of carbonyl (C=O) groups excluding carboxylic acids is 1. The molecule has 0 aliphatic carbocycles. The van der Waals surface area contributed by atoms with Gasteiger partial charge in [0.1, 0.15) is 5.69 Å². The first-order valence-corrected chi connectivity index (χ1v) is 8.92. The van der Waals surface area contributed by atoms with Gasteiger partial charge in [0.05, 0.1) is 0 Å². The summed E-state index contributed by atoms with van der Waals surface area (Å²) in [5.41, 5.74) is 1.69. The number of piperazine rings is 1. The summed E-state index contributed by atoms with van der Waals surface area (Å²) in [7, 11) is 0. The number of nitrogens with zero attached hydrogens (tertiary/aromatic N) is 4. The van der Waals surface area contributed by atoms with Crippen molar-refractivity contribution < 1.29 is 4.79 Å². The van der Waals surface area contributed by atoms with Gasteiger partial charge in [0.2, 0.25) is 0 Å². The summed E-state index contributed by atoms with van der Waals surface area (Å²) in [6.07, 6.45) is 3.72. The number of likely N-dealkylation sites (N-methyl/N-ethyl adjacent to an activating group) is 1. The average Bonchev–Trinajstić information content (AvgIpc) is 2.61. The predicted octanol–water partition coefficient (Wildman–Crippen LogP) is 2.49. The van der Waals surface area contributed by atoms with E-state index >= 15 is 0 Å². The SMILES string of the molecule is CCCN(CCC)C(=O)c1cc(N2CCN(CC)CC2)ccn1. The Morgan fingerprint density at radius 1 is 1.13 bits per heavy atom. The lowest BCUT2D eigenvalue weighted by Gasteiger charge is -2.35. The molecule has 0 N–H and O–H groups in total. The van der Waals surface area contributed by atoms with Crippen LogP contribution in [0.1, 0.15) is 44.1 Å². The number of amides is 1. The molecule has 1 fully saturated rings. The second-order valence-corrected chi connectivity index (χ2v) is 6.11. The highest BCUT2D eigenvalue weighted by Crippen LogP contribution is 2.18. The number of carbonyl (C=O) groups is 1. The zero-order valence-corrected chi connectivity index (χ0v) is 14.8. The highest BCUT2D eigenvalue weighted by atomic mass is 16.2. The maximum atomic E-state index is 12.7. The summed E-state index contributed by atoms with van der Waals surface area (Å²) in [4.78, 5) is 23.7. The molecule has 0 atom stereocenters. The zero-order valence-electron chi connectivity index (χ0n) is 14.8. The maximum Gasteiger partial charge on any atom is 0.272 e. The third-order valence-corrected chi connectivity index (χ3v) is 4.42. The number of rotatable bonds is 7. The molecule has 2 rings (SSSR count). The van der Waals surface area contributed by atoms with Gasteiger partial charge in [0, 0.05) is 51.2 Å². The van der Waals surface area contributed by atoms with E-state index < -0.39 is 0 Å². The van der Waals surface area contributed by atoms with Crippen molar-refractivity contribution in [2.75, 3.05) is 50.7 Å². The van der Waals surface area contributed by atoms with Crippen LogP contribution in [0.15, 0.2) is 18.3 Å². The summed E-state index contributed by atoms with van der Waals surface area (Å²) in [5, 5.41) is 0. The van der Waals surface area contributed by atoms with E-state index in [0.717, 1.165) is 64.3 Å². The van der Waals surface area contributed by atoms with Crippen LogP contribution in [0.5, 0.6) is 0 Å². The Kier molecular flexibility index (Phi) is 6.84. The first kappa shape index (κ1) is 17.7. The molecule has 1 amide bonds. The fraction of sp³-hybridized carbons (Fsp3) is 0.667. The van der Waals surface area contributed by atoms with Crippen molar-refractivity contribution in [1.29, 1.82) is 0 Å². The molecule has 1 aliphatic rings. The van der Waals surface area contributed by atoms with Crippen molar-refractivity contribution in [2.24, 2.45) is 0 Å². The molecular weight excluding hydrogens is 288 g/mol. The molecule has 0 spiro atoms. The molecule has 23 heavy (non-hydrogen) atoms. The lowest BCUT2D eigenvalue weighted by atomic mass is 10.2. The molecule has 128 valence electrons. The van der Waals surface area contributed by atoms with Gasteiger partial charge in [-0.2, -0.15) is 0 Å². The monoisotopic (exact) mass is 318 g/mol. The Balaban J connectivity index is 2.08. The second-order valence-electron chi connectivity index (χ2n) is 6.11. The molecule has 0 bridgehead atoms. The largest absolute Gasteiger partial charge is 0.369 e. The lowest BCUT2D eigenvalue weighted by molar-refractivity contribution is 0.0749. The fourth-order valence-electron chi connectivity index (χ4n) is 3.07. The van der Waals surface area contributed by atoms with Crippen LogP contribution >= 0.6 is 0 Å². The van der Waals surface area contributed by atoms with Crippen molar-refractivity contribution in [3.8, 4) is 0 Å². The van der Waals surface area contributed by atoms with E-state index in [1.54, 1.807) is 6.20 Å². The van der Waals surface area contributed by atoms with Gasteiger partial charge in [-0.05, 0) is 31.5 Å². The molecular formula is C18H30N4O. The molecule has 1 aromatic rings. The Hall–Kier alpha value is -1.62. The van der Waals surface area contributed by atoms with Crippen LogP contribution in [0.25, 0.3) is 0 Å². The Morgan fingerprint density at radius 2 is 1.78 bits per heavy atom. The molecule has 5 heteroatoms. The minimum atomic E-state index is 0.0581. The van der Waals surface area contributed by atoms with Crippen LogP contribution in [-0.2, 0) is 0 Å². The Morgan fingerprint density at radius 3 is 2.35 bits per heavy atom. The van der Waals surface area contributed by atoms with Crippen molar-refractivity contribution in [3.05, 3.63) is 24.0 Å². The standard InChI is InChI=1S/C18H30N4O/c1-4-9-22(10-5-2)18(23)17-15-16(7-8-19-17)21-13-11-20(6-3)12-14-21/h7-8,15H,4-6,9-14H2,1-3H3. The number of aromatic nitrogens is 1. The van der Waals surface area contributed by atoms with Crippen molar-refractivity contribution in [1.82, 2.24) is 14.8 Å². The highest BCUT2D eigenvalue weighted by molar-refractivity contribution is 5.93. The minimum Gasteiger partial charge on any atom is -0.369 e. The van der Waals surface area contributed by atoms with Crippen LogP contribution in [0.4, 0.5) is 5.69 Å². The van der Waals surface area contributed by atoms with Crippen molar-refractivity contribution in [2.45, 2.75) is 33.6 Å². The predicted molar refractivity (Wildman–Crippen MR) is 95.0 cm³/mol. The molecule has 0 saturated carbocycles. The molecule has 1 aliphatic heterocycles. The van der Waals surface area contributed by atoms with E-state index in [9.17, 15) is 4.79 Å². The molecule has 1 aromatic heterocycles. The molecule has 2 heterocycles. The minimum absolute atomic E-state index is 0.0581. The fourth-order valence-corrected chi connectivity index (χ4v) is 3.07. The highest BCUT2D eigenvalue weighted by Gasteiger charge is 2.19. The van der Waals surface area contributed by atoms with Gasteiger partial charge in [0.25, 0.3) is 5.91 Å². The number of anilines is 1. The first-order chi connectivity index (χ1) is 11.2. The summed E-state index contributed by atoms with van der Waals surface area (Å²) < 4.78 is 0. The van der Waals surface area contributed by atoms with E-state index in [4.69, 9.17) is 0 Å². The Labute approximate surface area is 140 Å². The van der Waals surface area contributed by atoms with Crippen LogP contribution in [-0.4, -0.2) is 66.5 Å². The van der Waals surface area contributed by atoms with Crippen LogP contribution in [0.2, 0.25) is 0 Å². The molecule has 0 radical (unpaired) electrons. The van der Waals surface area contributed by atoms with Gasteiger partial charge in [-0.3, -0.25) is 9.78 Å². The van der Waals surface area contributed by atoms with E-state index in [0.29, 0.717) is 5.69 Å². The van der Waals surface area contributed by atoms with E-state index in [1.165, 1.54) is 0 Å². The van der Waals surface area contributed by atoms with Gasteiger partial charge < -0.3 is 14.7 Å². The quantitative estimate of drug-likeness (QED) is 0.774. The van der Waals surface area contributed by atoms with Crippen LogP contribution in [0, 0.1) is 0 Å².